The molecule has 25 heavy (non-hydrogen) atoms. The van der Waals surface area contributed by atoms with Crippen LogP contribution in [0.3, 0.4) is 0 Å². The quantitative estimate of drug-likeness (QED) is 0.841. The lowest BCUT2D eigenvalue weighted by Crippen LogP contribution is -2.48. The standard InChI is InChI=1S/C20H24ClN3O/c1-4-23(5-2)20(25)14-9-16-17-10-15(21)8-13-6-7-24(19(13)17)12-18(16)22(3)11-14/h6-10,14,18H,4-5,11-12H2,1-3H3/t14?,18-/m1/s1. The van der Waals surface area contributed by atoms with Crippen molar-refractivity contribution >= 4 is 34.0 Å². The monoisotopic (exact) mass is 357 g/mol. The Morgan fingerprint density at radius 1 is 1.28 bits per heavy atom. The van der Waals surface area contributed by atoms with E-state index in [-0.39, 0.29) is 11.8 Å². The second-order valence-corrected chi connectivity index (χ2v) is 7.49. The van der Waals surface area contributed by atoms with Crippen molar-refractivity contribution in [3.8, 4) is 0 Å². The van der Waals surface area contributed by atoms with Crippen LogP contribution in [0.25, 0.3) is 16.5 Å². The van der Waals surface area contributed by atoms with Gasteiger partial charge in [-0.15, -0.1) is 0 Å². The average molecular weight is 358 g/mol. The highest BCUT2D eigenvalue weighted by atomic mass is 35.5. The molecule has 1 aromatic carbocycles. The topological polar surface area (TPSA) is 28.5 Å². The van der Waals surface area contributed by atoms with Gasteiger partial charge < -0.3 is 9.47 Å². The first-order chi connectivity index (χ1) is 12.0. The second-order valence-electron chi connectivity index (χ2n) is 7.05. The van der Waals surface area contributed by atoms with Crippen LogP contribution in [0, 0.1) is 5.92 Å². The molecule has 1 unspecified atom stereocenters. The minimum Gasteiger partial charge on any atom is -0.345 e. The van der Waals surface area contributed by atoms with Crippen molar-refractivity contribution in [2.75, 3.05) is 26.7 Å². The van der Waals surface area contributed by atoms with E-state index in [1.807, 2.05) is 24.8 Å². The van der Waals surface area contributed by atoms with E-state index in [0.29, 0.717) is 6.04 Å². The lowest BCUT2D eigenvalue weighted by atomic mass is 9.85. The number of aromatic nitrogens is 1. The molecule has 4 rings (SSSR count). The zero-order valence-corrected chi connectivity index (χ0v) is 15.8. The molecule has 4 nitrogen and oxygen atoms in total. The van der Waals surface area contributed by atoms with Gasteiger partial charge in [0.1, 0.15) is 0 Å². The maximum absolute atomic E-state index is 12.9. The Morgan fingerprint density at radius 3 is 2.76 bits per heavy atom. The summed E-state index contributed by atoms with van der Waals surface area (Å²) in [4.78, 5) is 17.2. The van der Waals surface area contributed by atoms with Gasteiger partial charge in [-0.3, -0.25) is 9.69 Å². The molecule has 2 aliphatic heterocycles. The highest BCUT2D eigenvalue weighted by Crippen LogP contribution is 2.40. The van der Waals surface area contributed by atoms with E-state index in [4.69, 9.17) is 11.6 Å². The molecule has 0 radical (unpaired) electrons. The molecule has 2 aliphatic rings. The number of hydrogen-bond donors (Lipinski definition) is 0. The maximum Gasteiger partial charge on any atom is 0.230 e. The molecule has 0 spiro atoms. The van der Waals surface area contributed by atoms with Gasteiger partial charge in [0.25, 0.3) is 0 Å². The number of carbonyl (C=O) groups is 1. The third-order valence-corrected chi connectivity index (χ3v) is 5.87. The number of halogens is 1. The summed E-state index contributed by atoms with van der Waals surface area (Å²) in [5.41, 5.74) is 3.65. The number of benzene rings is 1. The first-order valence-corrected chi connectivity index (χ1v) is 9.40. The molecule has 132 valence electrons. The predicted octanol–water partition coefficient (Wildman–Crippen LogP) is 3.49. The number of nitrogens with zero attached hydrogens (tertiary/aromatic N) is 3. The SMILES string of the molecule is CCN(CC)C(=O)C1C=C2c3cc(Cl)cc4ccn(c34)C[C@H]2N(C)C1. The van der Waals surface area contributed by atoms with Crippen LogP contribution in [-0.2, 0) is 11.3 Å². The minimum atomic E-state index is -0.0910. The van der Waals surface area contributed by atoms with E-state index < -0.39 is 0 Å². The highest BCUT2D eigenvalue weighted by molar-refractivity contribution is 6.31. The Labute approximate surface area is 153 Å². The van der Waals surface area contributed by atoms with Gasteiger partial charge in [0.05, 0.1) is 17.5 Å². The summed E-state index contributed by atoms with van der Waals surface area (Å²) >= 11 is 6.37. The fourth-order valence-corrected chi connectivity index (χ4v) is 4.58. The van der Waals surface area contributed by atoms with Crippen molar-refractivity contribution in [3.63, 3.8) is 0 Å². The van der Waals surface area contributed by atoms with E-state index in [0.717, 1.165) is 31.2 Å². The Kier molecular flexibility index (Phi) is 4.13. The fourth-order valence-electron chi connectivity index (χ4n) is 4.35. The third kappa shape index (κ3) is 2.59. The Morgan fingerprint density at radius 2 is 2.04 bits per heavy atom. The molecule has 0 saturated carbocycles. The number of likely N-dealkylation sites (N-methyl/N-ethyl adjacent to an activating group) is 1. The van der Waals surface area contributed by atoms with Crippen LogP contribution in [0.1, 0.15) is 19.4 Å². The molecule has 2 aromatic rings. The first-order valence-electron chi connectivity index (χ1n) is 9.03. The Balaban J connectivity index is 1.83. The van der Waals surface area contributed by atoms with Gasteiger partial charge in [0.15, 0.2) is 0 Å². The fraction of sp³-hybridized carbons (Fsp3) is 0.450. The minimum absolute atomic E-state index is 0.0910. The van der Waals surface area contributed by atoms with Crippen molar-refractivity contribution in [2.45, 2.75) is 26.4 Å². The van der Waals surface area contributed by atoms with Crippen LogP contribution in [0.2, 0.25) is 5.02 Å². The molecule has 0 N–H and O–H groups in total. The van der Waals surface area contributed by atoms with E-state index in [1.54, 1.807) is 0 Å². The number of carbonyl (C=O) groups excluding carboxylic acids is 1. The highest BCUT2D eigenvalue weighted by Gasteiger charge is 2.36. The number of amides is 1. The van der Waals surface area contributed by atoms with Gasteiger partial charge in [-0.25, -0.2) is 0 Å². The molecule has 3 heterocycles. The van der Waals surface area contributed by atoms with Gasteiger partial charge in [-0.05, 0) is 44.7 Å². The van der Waals surface area contributed by atoms with Gasteiger partial charge >= 0.3 is 0 Å². The van der Waals surface area contributed by atoms with Gasteiger partial charge in [0.2, 0.25) is 5.91 Å². The lowest BCUT2D eigenvalue weighted by molar-refractivity contribution is -0.134. The third-order valence-electron chi connectivity index (χ3n) is 5.65. The molecule has 0 aliphatic carbocycles. The average Bonchev–Trinajstić information content (AvgIpc) is 3.00. The molecule has 0 bridgehead atoms. The smallest absolute Gasteiger partial charge is 0.230 e. The van der Waals surface area contributed by atoms with Gasteiger partial charge in [0, 0.05) is 48.3 Å². The van der Waals surface area contributed by atoms with Crippen molar-refractivity contribution in [1.29, 1.82) is 0 Å². The largest absolute Gasteiger partial charge is 0.345 e. The molecule has 2 atom stereocenters. The molecule has 1 aromatic heterocycles. The van der Waals surface area contributed by atoms with Crippen molar-refractivity contribution in [1.82, 2.24) is 14.4 Å². The summed E-state index contributed by atoms with van der Waals surface area (Å²) in [6, 6.07) is 6.49. The van der Waals surface area contributed by atoms with Crippen LogP contribution in [0.15, 0.2) is 30.5 Å². The maximum atomic E-state index is 12.9. The molecular weight excluding hydrogens is 334 g/mol. The number of rotatable bonds is 3. The summed E-state index contributed by atoms with van der Waals surface area (Å²) in [5, 5.41) is 1.92. The lowest BCUT2D eigenvalue weighted by Gasteiger charge is -2.41. The van der Waals surface area contributed by atoms with Gasteiger partial charge in [-0.1, -0.05) is 17.7 Å². The molecule has 1 amide bonds. The van der Waals surface area contributed by atoms with Crippen molar-refractivity contribution in [3.05, 3.63) is 41.1 Å². The Hall–Kier alpha value is -1.78. The molecule has 0 saturated heterocycles. The summed E-state index contributed by atoms with van der Waals surface area (Å²) in [5.74, 6) is 0.133. The molecule has 0 fully saturated rings. The van der Waals surface area contributed by atoms with E-state index in [1.165, 1.54) is 22.0 Å². The van der Waals surface area contributed by atoms with Crippen LogP contribution < -0.4 is 0 Å². The molecular formula is C20H24ClN3O. The van der Waals surface area contributed by atoms with E-state index in [2.05, 4.69) is 40.9 Å². The first kappa shape index (κ1) is 16.7. The van der Waals surface area contributed by atoms with E-state index >= 15 is 0 Å². The summed E-state index contributed by atoms with van der Waals surface area (Å²) < 4.78 is 2.31. The van der Waals surface area contributed by atoms with E-state index in [9.17, 15) is 4.79 Å². The van der Waals surface area contributed by atoms with Crippen molar-refractivity contribution < 1.29 is 4.79 Å². The Bertz CT molecular complexity index is 865. The van der Waals surface area contributed by atoms with Crippen LogP contribution >= 0.6 is 11.6 Å². The zero-order valence-electron chi connectivity index (χ0n) is 15.0. The summed E-state index contributed by atoms with van der Waals surface area (Å²) in [7, 11) is 2.12. The zero-order chi connectivity index (χ0) is 17.7. The van der Waals surface area contributed by atoms with Crippen LogP contribution in [0.4, 0.5) is 0 Å². The number of hydrogen-bond acceptors (Lipinski definition) is 2. The van der Waals surface area contributed by atoms with Crippen molar-refractivity contribution in [2.24, 2.45) is 5.92 Å². The molecule has 5 heteroatoms. The number of fused-ring (bicyclic) bond motifs is 2. The predicted molar refractivity (Wildman–Crippen MR) is 103 cm³/mol. The summed E-state index contributed by atoms with van der Waals surface area (Å²) in [6.45, 7) is 7.28. The normalized spacial score (nSPS) is 22.6. The summed E-state index contributed by atoms with van der Waals surface area (Å²) in [6.07, 6.45) is 4.34. The van der Waals surface area contributed by atoms with Gasteiger partial charge in [-0.2, -0.15) is 0 Å². The second kappa shape index (κ2) is 6.19. The van der Waals surface area contributed by atoms with Crippen LogP contribution in [0.5, 0.6) is 0 Å². The van der Waals surface area contributed by atoms with Crippen LogP contribution in [-0.4, -0.2) is 53.0 Å².